The van der Waals surface area contributed by atoms with Gasteiger partial charge in [-0.25, -0.2) is 9.59 Å². The zero-order valence-electron chi connectivity index (χ0n) is 18.2. The van der Waals surface area contributed by atoms with Gasteiger partial charge in [0.05, 0.1) is 0 Å². The zero-order chi connectivity index (χ0) is 22.5. The largest absolute Gasteiger partial charge is 0.478 e. The van der Waals surface area contributed by atoms with Crippen molar-refractivity contribution in [2.75, 3.05) is 6.54 Å². The van der Waals surface area contributed by atoms with Gasteiger partial charge in [-0.1, -0.05) is 60.7 Å². The van der Waals surface area contributed by atoms with Crippen molar-refractivity contribution in [1.82, 2.24) is 4.90 Å². The summed E-state index contributed by atoms with van der Waals surface area (Å²) in [5.41, 5.74) is 2.84. The molecule has 0 amide bonds. The molecule has 0 atom stereocenters. The predicted molar refractivity (Wildman–Crippen MR) is 121 cm³/mol. The zero-order valence-corrected chi connectivity index (χ0v) is 18.2. The van der Waals surface area contributed by atoms with Crippen LogP contribution < -0.4 is 0 Å². The molecule has 2 rings (SSSR count). The van der Waals surface area contributed by atoms with Gasteiger partial charge in [0.25, 0.3) is 0 Å². The fourth-order valence-corrected chi connectivity index (χ4v) is 3.43. The van der Waals surface area contributed by atoms with Crippen molar-refractivity contribution in [3.8, 4) is 0 Å². The van der Waals surface area contributed by atoms with Gasteiger partial charge in [0.2, 0.25) is 0 Å². The molecule has 0 bridgehead atoms. The topological polar surface area (TPSA) is 77.8 Å². The Morgan fingerprint density at radius 2 is 1.13 bits per heavy atom. The van der Waals surface area contributed by atoms with Crippen molar-refractivity contribution in [2.45, 2.75) is 52.1 Å². The van der Waals surface area contributed by atoms with Crippen molar-refractivity contribution in [3.05, 3.63) is 83.9 Å². The van der Waals surface area contributed by atoms with Crippen LogP contribution in [-0.2, 0) is 9.59 Å². The fraction of sp³-hybridized carbons (Fsp3) is 0.360. The van der Waals surface area contributed by atoms with Gasteiger partial charge in [-0.2, -0.15) is 0 Å². The summed E-state index contributed by atoms with van der Waals surface area (Å²) in [6.07, 6.45) is 2.27. The molecule has 0 saturated heterocycles. The minimum atomic E-state index is -1.26. The summed E-state index contributed by atoms with van der Waals surface area (Å²) in [4.78, 5) is 21.7. The first kappa shape index (κ1) is 25.1. The van der Waals surface area contributed by atoms with Crippen LogP contribution in [-0.4, -0.2) is 45.7 Å². The number of hydrogen-bond donors (Lipinski definition) is 2. The first-order valence-electron chi connectivity index (χ1n) is 10.2. The summed E-state index contributed by atoms with van der Waals surface area (Å²) in [6, 6.07) is 23.0. The Labute approximate surface area is 179 Å². The highest BCUT2D eigenvalue weighted by atomic mass is 16.4. The summed E-state index contributed by atoms with van der Waals surface area (Å²) in [7, 11) is 0. The number of carboxylic acids is 2. The standard InChI is InChI=1S/C21H29N.C4H4O4/c1-17(2)22(18(3)4)16-15-21(19-11-7-5-8-12-19)20-13-9-6-10-14-20;5-3(6)1-2-4(7)8/h5-14,17-18,21H,15-16H2,1-4H3;1-2H,(H,5,6)(H,7,8)/b;2-1+. The molecule has 0 aliphatic rings. The Morgan fingerprint density at radius 1 is 0.767 bits per heavy atom. The van der Waals surface area contributed by atoms with E-state index in [0.29, 0.717) is 30.2 Å². The molecule has 30 heavy (non-hydrogen) atoms. The lowest BCUT2D eigenvalue weighted by Gasteiger charge is -2.32. The van der Waals surface area contributed by atoms with E-state index in [9.17, 15) is 9.59 Å². The van der Waals surface area contributed by atoms with E-state index >= 15 is 0 Å². The SMILES string of the molecule is CC(C)N(CCC(c1ccccc1)c1ccccc1)C(C)C.O=C(O)/C=C/C(=O)O. The maximum absolute atomic E-state index is 9.55. The Morgan fingerprint density at radius 3 is 1.43 bits per heavy atom. The monoisotopic (exact) mass is 411 g/mol. The number of nitrogens with zero attached hydrogens (tertiary/aromatic N) is 1. The molecule has 2 aromatic rings. The van der Waals surface area contributed by atoms with Crippen LogP contribution in [0.5, 0.6) is 0 Å². The van der Waals surface area contributed by atoms with Gasteiger partial charge in [-0.15, -0.1) is 0 Å². The molecule has 5 heteroatoms. The lowest BCUT2D eigenvalue weighted by atomic mass is 9.88. The highest BCUT2D eigenvalue weighted by Gasteiger charge is 2.18. The molecule has 0 saturated carbocycles. The fourth-order valence-electron chi connectivity index (χ4n) is 3.43. The highest BCUT2D eigenvalue weighted by Crippen LogP contribution is 2.28. The van der Waals surface area contributed by atoms with Crippen LogP contribution in [0.1, 0.15) is 51.2 Å². The van der Waals surface area contributed by atoms with E-state index in [-0.39, 0.29) is 0 Å². The van der Waals surface area contributed by atoms with E-state index in [1.807, 2.05) is 0 Å². The molecule has 0 aliphatic carbocycles. The average Bonchev–Trinajstić information content (AvgIpc) is 2.71. The van der Waals surface area contributed by atoms with E-state index in [1.165, 1.54) is 11.1 Å². The Bertz CT molecular complexity index is 722. The Kier molecular flexibility index (Phi) is 11.2. The second-order valence-corrected chi connectivity index (χ2v) is 7.60. The lowest BCUT2D eigenvalue weighted by Crippen LogP contribution is -2.38. The van der Waals surface area contributed by atoms with Crippen LogP contribution >= 0.6 is 0 Å². The Balaban J connectivity index is 0.000000479. The normalized spacial score (nSPS) is 11.2. The van der Waals surface area contributed by atoms with Crippen molar-refractivity contribution in [3.63, 3.8) is 0 Å². The first-order valence-corrected chi connectivity index (χ1v) is 10.2. The molecule has 5 nitrogen and oxygen atoms in total. The molecule has 162 valence electrons. The summed E-state index contributed by atoms with van der Waals surface area (Å²) in [5.74, 6) is -2.04. The van der Waals surface area contributed by atoms with Crippen LogP contribution in [0.3, 0.4) is 0 Å². The van der Waals surface area contributed by atoms with Crippen LogP contribution in [0.4, 0.5) is 0 Å². The molecule has 0 unspecified atom stereocenters. The average molecular weight is 412 g/mol. The Hall–Kier alpha value is -2.92. The van der Waals surface area contributed by atoms with Crippen molar-refractivity contribution >= 4 is 11.9 Å². The maximum atomic E-state index is 9.55. The van der Waals surface area contributed by atoms with Gasteiger partial charge in [0.15, 0.2) is 0 Å². The van der Waals surface area contributed by atoms with Crippen molar-refractivity contribution in [1.29, 1.82) is 0 Å². The molecule has 2 aromatic carbocycles. The third-order valence-electron chi connectivity index (χ3n) is 4.77. The molecule has 0 spiro atoms. The highest BCUT2D eigenvalue weighted by molar-refractivity contribution is 5.89. The number of rotatable bonds is 9. The molecule has 0 heterocycles. The van der Waals surface area contributed by atoms with E-state index in [4.69, 9.17) is 10.2 Å². The summed E-state index contributed by atoms with van der Waals surface area (Å²) < 4.78 is 0. The second kappa shape index (κ2) is 13.3. The molecule has 0 aliphatic heterocycles. The van der Waals surface area contributed by atoms with Crippen LogP contribution in [0.2, 0.25) is 0 Å². The van der Waals surface area contributed by atoms with Crippen LogP contribution in [0, 0.1) is 0 Å². The van der Waals surface area contributed by atoms with E-state index in [1.54, 1.807) is 0 Å². The van der Waals surface area contributed by atoms with Gasteiger partial charge >= 0.3 is 11.9 Å². The smallest absolute Gasteiger partial charge is 0.328 e. The molecule has 0 aromatic heterocycles. The number of benzene rings is 2. The molecule has 0 fully saturated rings. The van der Waals surface area contributed by atoms with Crippen molar-refractivity contribution in [2.24, 2.45) is 0 Å². The molecular weight excluding hydrogens is 378 g/mol. The van der Waals surface area contributed by atoms with Crippen LogP contribution in [0.15, 0.2) is 72.8 Å². The maximum Gasteiger partial charge on any atom is 0.328 e. The summed E-state index contributed by atoms with van der Waals surface area (Å²) in [6.45, 7) is 10.3. The first-order chi connectivity index (χ1) is 14.2. The van der Waals surface area contributed by atoms with E-state index in [0.717, 1.165) is 13.0 Å². The number of carboxylic acid groups (broad SMARTS) is 2. The summed E-state index contributed by atoms with van der Waals surface area (Å²) in [5, 5.41) is 15.6. The third-order valence-corrected chi connectivity index (χ3v) is 4.77. The number of hydrogen-bond acceptors (Lipinski definition) is 3. The second-order valence-electron chi connectivity index (χ2n) is 7.60. The van der Waals surface area contributed by atoms with Gasteiger partial charge in [0, 0.05) is 30.2 Å². The quantitative estimate of drug-likeness (QED) is 0.565. The third kappa shape index (κ3) is 9.52. The number of aliphatic carboxylic acids is 2. The summed E-state index contributed by atoms with van der Waals surface area (Å²) >= 11 is 0. The van der Waals surface area contributed by atoms with Gasteiger partial charge < -0.3 is 10.2 Å². The van der Waals surface area contributed by atoms with Gasteiger partial charge in [0.1, 0.15) is 0 Å². The minimum Gasteiger partial charge on any atom is -0.478 e. The van der Waals surface area contributed by atoms with E-state index < -0.39 is 11.9 Å². The number of carbonyl (C=O) groups is 2. The van der Waals surface area contributed by atoms with Crippen LogP contribution in [0.25, 0.3) is 0 Å². The molecule has 0 radical (unpaired) electrons. The van der Waals surface area contributed by atoms with E-state index in [2.05, 4.69) is 93.3 Å². The molecule has 2 N–H and O–H groups in total. The molecular formula is C25H33NO4. The predicted octanol–water partition coefficient (Wildman–Crippen LogP) is 5.04. The van der Waals surface area contributed by atoms with Gasteiger partial charge in [-0.05, 0) is 51.8 Å². The minimum absolute atomic E-state index is 0.474. The lowest BCUT2D eigenvalue weighted by molar-refractivity contribution is -0.134. The van der Waals surface area contributed by atoms with Crippen molar-refractivity contribution < 1.29 is 19.8 Å². The van der Waals surface area contributed by atoms with Gasteiger partial charge in [-0.3, -0.25) is 4.90 Å².